The molecule has 0 saturated carbocycles. The van der Waals surface area contributed by atoms with Crippen molar-refractivity contribution in [3.8, 4) is 0 Å². The molecule has 1 aliphatic rings. The molecule has 0 aromatic carbocycles. The van der Waals surface area contributed by atoms with Gasteiger partial charge in [-0.25, -0.2) is 9.97 Å². The highest BCUT2D eigenvalue weighted by Gasteiger charge is 2.35. The second kappa shape index (κ2) is 8.26. The van der Waals surface area contributed by atoms with Crippen LogP contribution in [0.5, 0.6) is 0 Å². The first-order valence-electron chi connectivity index (χ1n) is 8.97. The lowest BCUT2D eigenvalue weighted by atomic mass is 10.1. The zero-order valence-electron chi connectivity index (χ0n) is 15.7. The molecule has 3 N–H and O–H groups in total. The minimum atomic E-state index is -0.664. The number of carbonyl (C=O) groups excluding carboxylic acids is 2. The zero-order valence-corrected chi connectivity index (χ0v) is 16.5. The number of hydrogen-bond donors (Lipinski definition) is 3. The molecule has 0 radical (unpaired) electrons. The molecule has 1 unspecified atom stereocenters. The van der Waals surface area contributed by atoms with E-state index < -0.39 is 6.10 Å². The Balaban J connectivity index is 1.62. The van der Waals surface area contributed by atoms with Gasteiger partial charge in [0.1, 0.15) is 12.0 Å². The van der Waals surface area contributed by atoms with Crippen LogP contribution in [0.1, 0.15) is 24.2 Å². The molecule has 8 nitrogen and oxygen atoms in total. The van der Waals surface area contributed by atoms with Crippen LogP contribution < -0.4 is 5.32 Å². The first kappa shape index (κ1) is 19.6. The van der Waals surface area contributed by atoms with Gasteiger partial charge in [0.25, 0.3) is 5.91 Å². The predicted octanol–water partition coefficient (Wildman–Crippen LogP) is 0.895. The first-order chi connectivity index (χ1) is 12.9. The molecule has 2 aromatic heterocycles. The van der Waals surface area contributed by atoms with Gasteiger partial charge in [-0.05, 0) is 12.2 Å². The number of fused-ring (bicyclic) bond motifs is 1. The number of amides is 2. The van der Waals surface area contributed by atoms with Gasteiger partial charge in [0.2, 0.25) is 5.91 Å². The summed E-state index contributed by atoms with van der Waals surface area (Å²) in [7, 11) is 0. The number of H-pyrrole nitrogens is 1. The summed E-state index contributed by atoms with van der Waals surface area (Å²) in [6, 6.07) is 0. The molecule has 9 heteroatoms. The highest BCUT2D eigenvalue weighted by Crippen LogP contribution is 2.23. The number of likely N-dealkylation sites (tertiary alicyclic amines) is 1. The molecule has 0 aliphatic carbocycles. The summed E-state index contributed by atoms with van der Waals surface area (Å²) in [5.41, 5.74) is 1.10. The SMILES string of the molecule is CSC(C(=O)NC[C@@H]1CN(C(=O)c2c[nH]c3ncncc23)C[C@@H]1O)C(C)C. The average Bonchev–Trinajstić information content (AvgIpc) is 3.23. The smallest absolute Gasteiger partial charge is 0.256 e. The van der Waals surface area contributed by atoms with E-state index in [2.05, 4.69) is 20.3 Å². The van der Waals surface area contributed by atoms with Crippen LogP contribution in [0.4, 0.5) is 0 Å². The fraction of sp³-hybridized carbons (Fsp3) is 0.556. The van der Waals surface area contributed by atoms with Crippen molar-refractivity contribution in [1.29, 1.82) is 0 Å². The molecule has 0 bridgehead atoms. The van der Waals surface area contributed by atoms with Crippen molar-refractivity contribution in [2.24, 2.45) is 11.8 Å². The molecule has 27 heavy (non-hydrogen) atoms. The minimum absolute atomic E-state index is 0.0248. The minimum Gasteiger partial charge on any atom is -0.391 e. The van der Waals surface area contributed by atoms with Crippen molar-refractivity contribution >= 4 is 34.6 Å². The molecule has 1 saturated heterocycles. The van der Waals surface area contributed by atoms with Gasteiger partial charge in [-0.1, -0.05) is 13.8 Å². The molecule has 1 aliphatic heterocycles. The van der Waals surface area contributed by atoms with E-state index in [1.54, 1.807) is 17.3 Å². The molecule has 146 valence electrons. The lowest BCUT2D eigenvalue weighted by Crippen LogP contribution is -2.40. The molecular formula is C18H25N5O3S. The number of β-amino-alcohol motifs (C(OH)–C–C–N with tert-alkyl or cyclic N) is 1. The number of rotatable bonds is 6. The molecule has 3 rings (SSSR count). The Morgan fingerprint density at radius 1 is 1.44 bits per heavy atom. The number of hydrogen-bond acceptors (Lipinski definition) is 6. The first-order valence-corrected chi connectivity index (χ1v) is 10.3. The van der Waals surface area contributed by atoms with Crippen molar-refractivity contribution in [1.82, 2.24) is 25.2 Å². The van der Waals surface area contributed by atoms with Crippen LogP contribution >= 0.6 is 11.8 Å². The van der Waals surface area contributed by atoms with Gasteiger partial charge in [0.15, 0.2) is 0 Å². The van der Waals surface area contributed by atoms with Crippen LogP contribution in [0.15, 0.2) is 18.7 Å². The Labute approximate surface area is 162 Å². The quantitative estimate of drug-likeness (QED) is 0.675. The number of nitrogens with zero attached hydrogens (tertiary/aromatic N) is 3. The standard InChI is InChI=1S/C18H25N5O3S/c1-10(2)15(27-3)17(25)21-4-11-7-23(8-14(11)24)18(26)13-6-20-16-12(13)5-19-9-22-16/h5-6,9-11,14-15,24H,4,7-8H2,1-3H3,(H,21,25)(H,19,20,22)/t11-,14+,15?/m1/s1. The number of thioether (sulfide) groups is 1. The van der Waals surface area contributed by atoms with Gasteiger partial charge < -0.3 is 20.3 Å². The highest BCUT2D eigenvalue weighted by molar-refractivity contribution is 7.99. The fourth-order valence-corrected chi connectivity index (χ4v) is 4.28. The van der Waals surface area contributed by atoms with Gasteiger partial charge in [0.05, 0.1) is 16.9 Å². The van der Waals surface area contributed by atoms with Crippen molar-refractivity contribution in [2.75, 3.05) is 25.9 Å². The third-order valence-corrected chi connectivity index (χ3v) is 6.20. The van der Waals surface area contributed by atoms with Gasteiger partial charge in [-0.15, -0.1) is 0 Å². The summed E-state index contributed by atoms with van der Waals surface area (Å²) < 4.78 is 0. The summed E-state index contributed by atoms with van der Waals surface area (Å²) in [5, 5.41) is 13.8. The van der Waals surface area contributed by atoms with Crippen LogP contribution in [0.3, 0.4) is 0 Å². The van der Waals surface area contributed by atoms with Gasteiger partial charge in [-0.3, -0.25) is 9.59 Å². The maximum absolute atomic E-state index is 12.8. The maximum Gasteiger partial charge on any atom is 0.256 e. The second-order valence-corrected chi connectivity index (χ2v) is 8.15. The average molecular weight is 391 g/mol. The number of aliphatic hydroxyl groups excluding tert-OH is 1. The van der Waals surface area contributed by atoms with Gasteiger partial charge in [-0.2, -0.15) is 11.8 Å². The Kier molecular flexibility index (Phi) is 6.01. The summed E-state index contributed by atoms with van der Waals surface area (Å²) in [6.45, 7) is 5.01. The number of aromatic amines is 1. The van der Waals surface area contributed by atoms with E-state index in [0.717, 1.165) is 0 Å². The summed E-state index contributed by atoms with van der Waals surface area (Å²) in [5.74, 6) is -0.152. The molecule has 0 spiro atoms. The Morgan fingerprint density at radius 3 is 2.93 bits per heavy atom. The van der Waals surface area contributed by atoms with Gasteiger partial charge >= 0.3 is 0 Å². The molecule has 2 aromatic rings. The Bertz CT molecular complexity index is 824. The van der Waals surface area contributed by atoms with E-state index in [9.17, 15) is 14.7 Å². The fourth-order valence-electron chi connectivity index (χ4n) is 3.44. The number of aliphatic hydroxyl groups is 1. The van der Waals surface area contributed by atoms with E-state index in [1.807, 2.05) is 20.1 Å². The van der Waals surface area contributed by atoms with Crippen LogP contribution in [-0.2, 0) is 4.79 Å². The van der Waals surface area contributed by atoms with E-state index in [4.69, 9.17) is 0 Å². The monoisotopic (exact) mass is 391 g/mol. The number of aromatic nitrogens is 3. The zero-order chi connectivity index (χ0) is 19.6. The van der Waals surface area contributed by atoms with E-state index >= 15 is 0 Å². The summed E-state index contributed by atoms with van der Waals surface area (Å²) >= 11 is 1.52. The van der Waals surface area contributed by atoms with Crippen molar-refractivity contribution in [3.63, 3.8) is 0 Å². The Hall–Kier alpha value is -2.13. The molecule has 1 fully saturated rings. The van der Waals surface area contributed by atoms with Crippen LogP contribution in [0.25, 0.3) is 11.0 Å². The lowest BCUT2D eigenvalue weighted by Gasteiger charge is -2.20. The van der Waals surface area contributed by atoms with Crippen molar-refractivity contribution in [3.05, 3.63) is 24.3 Å². The predicted molar refractivity (Wildman–Crippen MR) is 104 cm³/mol. The summed E-state index contributed by atoms with van der Waals surface area (Å²) in [6.07, 6.45) is 5.90. The molecule has 2 amide bonds. The normalized spacial score (nSPS) is 21.0. The lowest BCUT2D eigenvalue weighted by molar-refractivity contribution is -0.121. The topological polar surface area (TPSA) is 111 Å². The van der Waals surface area contributed by atoms with Gasteiger partial charge in [0, 0.05) is 43.3 Å². The van der Waals surface area contributed by atoms with Crippen molar-refractivity contribution < 1.29 is 14.7 Å². The van der Waals surface area contributed by atoms with Crippen LogP contribution in [0, 0.1) is 11.8 Å². The molecular weight excluding hydrogens is 366 g/mol. The van der Waals surface area contributed by atoms with E-state index in [0.29, 0.717) is 29.7 Å². The van der Waals surface area contributed by atoms with E-state index in [1.165, 1.54) is 18.1 Å². The van der Waals surface area contributed by atoms with E-state index in [-0.39, 0.29) is 35.4 Å². The van der Waals surface area contributed by atoms with Crippen LogP contribution in [-0.4, -0.2) is 74.0 Å². The number of carbonyl (C=O) groups is 2. The highest BCUT2D eigenvalue weighted by atomic mass is 32.2. The van der Waals surface area contributed by atoms with Crippen molar-refractivity contribution in [2.45, 2.75) is 25.2 Å². The number of nitrogens with one attached hydrogen (secondary N) is 2. The maximum atomic E-state index is 12.8. The third kappa shape index (κ3) is 4.08. The van der Waals surface area contributed by atoms with Crippen LogP contribution in [0.2, 0.25) is 0 Å². The third-order valence-electron chi connectivity index (χ3n) is 4.94. The molecule has 3 atom stereocenters. The largest absolute Gasteiger partial charge is 0.391 e. The summed E-state index contributed by atoms with van der Waals surface area (Å²) in [4.78, 5) is 37.8. The Morgan fingerprint density at radius 2 is 2.22 bits per heavy atom. The molecule has 3 heterocycles. The second-order valence-electron chi connectivity index (χ2n) is 7.17.